The molecule has 0 spiro atoms. The Morgan fingerprint density at radius 1 is 0.388 bits per heavy atom. The van der Waals surface area contributed by atoms with Crippen LogP contribution in [-0.2, 0) is 21.7 Å². The van der Waals surface area contributed by atoms with Crippen LogP contribution in [0.1, 0.15) is 129 Å². The summed E-state index contributed by atoms with van der Waals surface area (Å²) < 4.78 is 79.3. The van der Waals surface area contributed by atoms with E-state index in [0.717, 1.165) is 101 Å². The van der Waals surface area contributed by atoms with Gasteiger partial charge < -0.3 is 28.8 Å². The number of benzene rings is 8. The molecule has 10 aromatic rings. The van der Waals surface area contributed by atoms with Crippen molar-refractivity contribution in [1.29, 1.82) is 0 Å². The zero-order valence-electron chi connectivity index (χ0n) is 48.5. The predicted octanol–water partition coefficient (Wildman–Crippen LogP) is 19.2. The van der Waals surface area contributed by atoms with Crippen molar-refractivity contribution in [3.8, 4) is 56.6 Å². The van der Waals surface area contributed by atoms with Crippen molar-refractivity contribution >= 4 is 43.6 Å². The van der Waals surface area contributed by atoms with Gasteiger partial charge in [0.1, 0.15) is 46.3 Å². The van der Waals surface area contributed by atoms with Gasteiger partial charge in [-0.15, -0.1) is 0 Å². The van der Waals surface area contributed by atoms with Crippen molar-refractivity contribution in [3.63, 3.8) is 0 Å². The Balaban J connectivity index is 0.937. The predicted molar refractivity (Wildman–Crippen MR) is 320 cm³/mol. The lowest BCUT2D eigenvalue weighted by molar-refractivity contribution is 0.265. The first-order chi connectivity index (χ1) is 37.5. The first kappa shape index (κ1) is 55.6. The average molecular weight is 1080 g/mol. The van der Waals surface area contributed by atoms with E-state index in [1.54, 1.807) is 12.1 Å². The SMILES string of the molecule is Cc1cc(-c2c(F)cc(F)cc2OCCCCOc2cc(F)cc(F)c2-c2cc(C)cc(-n3c4ccc(C(C)(C)C)cc4c4cc(C(C)(C)C)ccc43)c2O)c(O)c(-n2c3ccc(C(C)(C)C)cc3c3cc(C(C)(C)C)ccc32)c1. The van der Waals surface area contributed by atoms with Crippen LogP contribution in [0.5, 0.6) is 23.0 Å². The van der Waals surface area contributed by atoms with Gasteiger partial charge in [-0.2, -0.15) is 0 Å². The summed E-state index contributed by atoms with van der Waals surface area (Å²) in [5, 5.41) is 28.8. The highest BCUT2D eigenvalue weighted by Crippen LogP contribution is 2.48. The summed E-state index contributed by atoms with van der Waals surface area (Å²) in [5.41, 5.74) is 9.97. The first-order valence-electron chi connectivity index (χ1n) is 27.6. The summed E-state index contributed by atoms with van der Waals surface area (Å²) in [6, 6.07) is 36.3. The molecular weight excluding hydrogens is 1010 g/mol. The van der Waals surface area contributed by atoms with Crippen LogP contribution in [-0.4, -0.2) is 32.6 Å². The molecule has 6 nitrogen and oxygen atoms in total. The molecule has 0 amide bonds. The molecule has 2 N–H and O–H groups in total. The van der Waals surface area contributed by atoms with Gasteiger partial charge in [0.2, 0.25) is 0 Å². The number of aryl methyl sites for hydroxylation is 2. The molecule has 0 saturated heterocycles. The smallest absolute Gasteiger partial charge is 0.147 e. The van der Waals surface area contributed by atoms with E-state index in [1.807, 2.05) is 35.1 Å². The van der Waals surface area contributed by atoms with Gasteiger partial charge in [0, 0.05) is 56.9 Å². The van der Waals surface area contributed by atoms with Crippen molar-refractivity contribution in [2.45, 2.75) is 131 Å². The maximum atomic E-state index is 16.3. The number of aromatic nitrogens is 2. The molecule has 2 heterocycles. The Morgan fingerprint density at radius 3 is 0.950 bits per heavy atom. The second kappa shape index (κ2) is 20.1. The van der Waals surface area contributed by atoms with E-state index in [1.165, 1.54) is 0 Å². The number of hydrogen-bond acceptors (Lipinski definition) is 4. The molecule has 10 heteroatoms. The minimum absolute atomic E-state index is 0.0164. The molecular formula is C70H72F4N2O4. The molecule has 80 heavy (non-hydrogen) atoms. The van der Waals surface area contributed by atoms with Crippen LogP contribution in [0.25, 0.3) is 77.2 Å². The number of nitrogens with zero attached hydrogens (tertiary/aromatic N) is 2. The maximum absolute atomic E-state index is 16.3. The minimum Gasteiger partial charge on any atom is -0.505 e. The zero-order chi connectivity index (χ0) is 57.7. The van der Waals surface area contributed by atoms with Gasteiger partial charge in [0.25, 0.3) is 0 Å². The maximum Gasteiger partial charge on any atom is 0.147 e. The fraction of sp³-hybridized carbons (Fsp3) is 0.314. The molecule has 0 bridgehead atoms. The van der Waals surface area contributed by atoms with Crippen LogP contribution < -0.4 is 9.47 Å². The molecule has 2 aromatic heterocycles. The normalized spacial score (nSPS) is 12.7. The highest BCUT2D eigenvalue weighted by Gasteiger charge is 2.28. The molecule has 10 rings (SSSR count). The van der Waals surface area contributed by atoms with Crippen LogP contribution in [0.15, 0.2) is 121 Å². The Bertz CT molecular complexity index is 3690. The summed E-state index contributed by atoms with van der Waals surface area (Å²) in [6.45, 7) is 29.8. The summed E-state index contributed by atoms with van der Waals surface area (Å²) >= 11 is 0. The van der Waals surface area contributed by atoms with E-state index < -0.39 is 23.3 Å². The number of hydrogen-bond donors (Lipinski definition) is 2. The minimum atomic E-state index is -0.909. The molecule has 0 aliphatic rings. The molecule has 0 unspecified atom stereocenters. The van der Waals surface area contributed by atoms with Crippen LogP contribution >= 0.6 is 0 Å². The number of unbranched alkanes of at least 4 members (excludes halogenated alkanes) is 1. The number of ether oxygens (including phenoxy) is 2. The van der Waals surface area contributed by atoms with E-state index in [4.69, 9.17) is 9.47 Å². The summed E-state index contributed by atoms with van der Waals surface area (Å²) in [7, 11) is 0. The van der Waals surface area contributed by atoms with Crippen LogP contribution in [0, 0.1) is 37.1 Å². The Hall–Kier alpha value is -7.72. The zero-order valence-corrected chi connectivity index (χ0v) is 48.5. The van der Waals surface area contributed by atoms with E-state index in [-0.39, 0.29) is 80.1 Å². The van der Waals surface area contributed by atoms with Crippen LogP contribution in [0.4, 0.5) is 17.6 Å². The number of phenolic OH excluding ortho intramolecular Hbond substituents is 2. The molecule has 0 aliphatic heterocycles. The van der Waals surface area contributed by atoms with Crippen LogP contribution in [0.2, 0.25) is 0 Å². The van der Waals surface area contributed by atoms with Crippen molar-refractivity contribution in [2.75, 3.05) is 13.2 Å². The Labute approximate surface area is 467 Å². The van der Waals surface area contributed by atoms with Gasteiger partial charge in [-0.3, -0.25) is 0 Å². The van der Waals surface area contributed by atoms with E-state index in [2.05, 4.69) is 156 Å². The van der Waals surface area contributed by atoms with Crippen molar-refractivity contribution in [3.05, 3.63) is 178 Å². The Kier molecular flexibility index (Phi) is 14.0. The van der Waals surface area contributed by atoms with Crippen molar-refractivity contribution in [1.82, 2.24) is 9.13 Å². The lowest BCUT2D eigenvalue weighted by Gasteiger charge is -2.20. The number of phenols is 2. The molecule has 0 radical (unpaired) electrons. The lowest BCUT2D eigenvalue weighted by Crippen LogP contribution is -2.10. The van der Waals surface area contributed by atoms with E-state index >= 15 is 17.6 Å². The van der Waals surface area contributed by atoms with E-state index in [0.29, 0.717) is 24.2 Å². The highest BCUT2D eigenvalue weighted by molar-refractivity contribution is 6.11. The first-order valence-corrected chi connectivity index (χ1v) is 27.6. The summed E-state index contributed by atoms with van der Waals surface area (Å²) in [5.74, 6) is -4.14. The Morgan fingerprint density at radius 2 is 0.675 bits per heavy atom. The molecule has 0 saturated carbocycles. The van der Waals surface area contributed by atoms with Gasteiger partial charge in [-0.1, -0.05) is 107 Å². The van der Waals surface area contributed by atoms with Gasteiger partial charge in [0.15, 0.2) is 0 Å². The summed E-state index contributed by atoms with van der Waals surface area (Å²) in [4.78, 5) is 0. The molecule has 0 fully saturated rings. The second-order valence-electron chi connectivity index (χ2n) is 25.9. The third kappa shape index (κ3) is 10.3. The largest absolute Gasteiger partial charge is 0.505 e. The third-order valence-electron chi connectivity index (χ3n) is 15.6. The van der Waals surface area contributed by atoms with Crippen molar-refractivity contribution in [2.24, 2.45) is 0 Å². The fourth-order valence-corrected chi connectivity index (χ4v) is 11.1. The third-order valence-corrected chi connectivity index (χ3v) is 15.6. The highest BCUT2D eigenvalue weighted by atomic mass is 19.1. The van der Waals surface area contributed by atoms with Gasteiger partial charge in [-0.05, 0) is 155 Å². The molecule has 0 atom stereocenters. The van der Waals surface area contributed by atoms with Crippen molar-refractivity contribution < 1.29 is 37.2 Å². The second-order valence-corrected chi connectivity index (χ2v) is 25.9. The molecule has 8 aromatic carbocycles. The fourth-order valence-electron chi connectivity index (χ4n) is 11.1. The van der Waals surface area contributed by atoms with Gasteiger partial charge in [-0.25, -0.2) is 17.6 Å². The average Bonchev–Trinajstić information content (AvgIpc) is 3.94. The quantitative estimate of drug-likeness (QED) is 0.100. The van der Waals surface area contributed by atoms with Gasteiger partial charge >= 0.3 is 0 Å². The van der Waals surface area contributed by atoms with E-state index in [9.17, 15) is 10.2 Å². The molecule has 414 valence electrons. The van der Waals surface area contributed by atoms with Gasteiger partial charge in [0.05, 0.1) is 57.8 Å². The lowest BCUT2D eigenvalue weighted by atomic mass is 9.85. The van der Waals surface area contributed by atoms with Crippen LogP contribution in [0.3, 0.4) is 0 Å². The molecule has 0 aliphatic carbocycles. The standard InChI is InChI=1S/C70H72F4N2O4/c1-39-27-51(65(77)59(29-39)75-55-21-17-41(67(3,4)5)31-47(55)48-32-42(68(6,7)8)18-22-56(48)75)63-53(73)35-45(71)37-61(63)79-25-15-16-26-80-62-38-46(72)36-54(74)64(62)52-28-40(2)30-60(66(52)78)76-57-23-19-43(69(9,10)11)33-49(57)50-34-44(70(12,13)14)20-24-58(50)76/h17-24,27-38,77-78H,15-16,25-26H2,1-14H3. The number of aromatic hydroxyl groups is 2. The number of halogens is 4. The topological polar surface area (TPSA) is 68.8 Å². The summed E-state index contributed by atoms with van der Waals surface area (Å²) in [6.07, 6.45) is 0.622. The monoisotopic (exact) mass is 1080 g/mol. The number of rotatable bonds is 11. The number of fused-ring (bicyclic) bond motifs is 6.